The number of anilines is 1. The second-order valence-corrected chi connectivity index (χ2v) is 11.8. The van der Waals surface area contributed by atoms with Crippen molar-refractivity contribution in [3.8, 4) is 11.1 Å². The number of carboxylic acids is 1. The summed E-state index contributed by atoms with van der Waals surface area (Å²) in [7, 11) is 1.91. The molecule has 7 heteroatoms. The number of carboxylic acid groups (broad SMARTS) is 1. The number of piperidine rings is 1. The van der Waals surface area contributed by atoms with E-state index in [1.165, 1.54) is 11.1 Å². The van der Waals surface area contributed by atoms with Crippen molar-refractivity contribution < 1.29 is 9.90 Å². The zero-order valence-electron chi connectivity index (χ0n) is 23.9. The van der Waals surface area contributed by atoms with Crippen LogP contribution in [-0.4, -0.2) is 59.9 Å². The molecule has 1 saturated heterocycles. The van der Waals surface area contributed by atoms with E-state index >= 15 is 0 Å². The van der Waals surface area contributed by atoms with Gasteiger partial charge in [-0.25, -0.2) is 0 Å². The topological polar surface area (TPSA) is 92.6 Å². The molecule has 0 bridgehead atoms. The number of likely N-dealkylation sites (N-methyl/N-ethyl adjacent to an activating group) is 1. The molecule has 0 saturated carbocycles. The van der Waals surface area contributed by atoms with Gasteiger partial charge < -0.3 is 20.7 Å². The first-order chi connectivity index (χ1) is 18.0. The Morgan fingerprint density at radius 1 is 1.16 bits per heavy atom. The summed E-state index contributed by atoms with van der Waals surface area (Å²) in [6.07, 6.45) is 5.00. The van der Waals surface area contributed by atoms with Gasteiger partial charge in [-0.15, -0.1) is 0 Å². The van der Waals surface area contributed by atoms with Crippen LogP contribution in [0.2, 0.25) is 0 Å². The molecule has 3 heterocycles. The molecule has 0 amide bonds. The van der Waals surface area contributed by atoms with E-state index in [1.807, 2.05) is 20.0 Å². The molecule has 2 aliphatic heterocycles. The van der Waals surface area contributed by atoms with E-state index in [-0.39, 0.29) is 6.42 Å². The van der Waals surface area contributed by atoms with Crippen molar-refractivity contribution in [2.24, 2.45) is 5.41 Å². The van der Waals surface area contributed by atoms with Crippen LogP contribution in [0, 0.1) is 24.7 Å². The number of aliphatic carboxylic acids is 1. The van der Waals surface area contributed by atoms with Crippen molar-refractivity contribution >= 4 is 17.4 Å². The van der Waals surface area contributed by atoms with E-state index in [9.17, 15) is 9.90 Å². The van der Waals surface area contributed by atoms with Gasteiger partial charge in [-0.1, -0.05) is 32.0 Å². The molecule has 0 aliphatic carbocycles. The SMILES string of the molecule is CN/C(=C\C(C)=N)CN1CCc2cc(-c3c(C)nc(C)c(CC(=O)O)c3N3CCC(C)(C)CC3)ccc2C1. The van der Waals surface area contributed by atoms with Gasteiger partial charge in [-0.3, -0.25) is 14.7 Å². The van der Waals surface area contributed by atoms with Crippen LogP contribution in [0.25, 0.3) is 11.1 Å². The third kappa shape index (κ3) is 6.26. The summed E-state index contributed by atoms with van der Waals surface area (Å²) in [5.41, 5.74) is 10.5. The number of aryl methyl sites for hydroxylation is 2. The second kappa shape index (κ2) is 11.3. The molecule has 2 aliphatic rings. The molecular weight excluding hydrogens is 474 g/mol. The Bertz CT molecular complexity index is 1250. The Hall–Kier alpha value is -3.19. The van der Waals surface area contributed by atoms with Crippen LogP contribution in [0.3, 0.4) is 0 Å². The van der Waals surface area contributed by atoms with E-state index in [0.29, 0.717) is 11.1 Å². The van der Waals surface area contributed by atoms with Crippen LogP contribution in [0.15, 0.2) is 30.0 Å². The minimum Gasteiger partial charge on any atom is -0.481 e. The molecule has 0 atom stereocenters. The molecule has 1 aromatic heterocycles. The lowest BCUT2D eigenvalue weighted by molar-refractivity contribution is -0.136. The highest BCUT2D eigenvalue weighted by molar-refractivity contribution is 5.90. The number of nitrogens with one attached hydrogen (secondary N) is 2. The maximum absolute atomic E-state index is 11.9. The largest absolute Gasteiger partial charge is 0.481 e. The quantitative estimate of drug-likeness (QED) is 0.421. The number of benzene rings is 1. The van der Waals surface area contributed by atoms with Gasteiger partial charge >= 0.3 is 5.97 Å². The zero-order valence-corrected chi connectivity index (χ0v) is 23.9. The molecule has 3 N–H and O–H groups in total. The summed E-state index contributed by atoms with van der Waals surface area (Å²) < 4.78 is 0. The van der Waals surface area contributed by atoms with Crippen molar-refractivity contribution in [1.82, 2.24) is 15.2 Å². The Labute approximate surface area is 227 Å². The fraction of sp³-hybridized carbons (Fsp3) is 0.516. The van der Waals surface area contributed by atoms with Gasteiger partial charge in [0.05, 0.1) is 12.1 Å². The predicted octanol–water partition coefficient (Wildman–Crippen LogP) is 5.12. The average Bonchev–Trinajstić information content (AvgIpc) is 2.84. The number of carbonyl (C=O) groups is 1. The molecular formula is C31H43N5O2. The summed E-state index contributed by atoms with van der Waals surface area (Å²) in [4.78, 5) is 21.6. The maximum Gasteiger partial charge on any atom is 0.307 e. The van der Waals surface area contributed by atoms with Crippen molar-refractivity contribution in [2.75, 3.05) is 38.1 Å². The van der Waals surface area contributed by atoms with Crippen molar-refractivity contribution in [2.45, 2.75) is 66.8 Å². The first-order valence-electron chi connectivity index (χ1n) is 13.7. The lowest BCUT2D eigenvalue weighted by Crippen LogP contribution is -2.38. The molecule has 0 unspecified atom stereocenters. The minimum absolute atomic E-state index is 0.0161. The van der Waals surface area contributed by atoms with Crippen LogP contribution in [0.5, 0.6) is 0 Å². The fourth-order valence-corrected chi connectivity index (χ4v) is 5.86. The molecule has 1 fully saturated rings. The number of nitrogens with zero attached hydrogens (tertiary/aromatic N) is 3. The first kappa shape index (κ1) is 27.8. The van der Waals surface area contributed by atoms with Crippen molar-refractivity contribution in [1.29, 1.82) is 5.41 Å². The second-order valence-electron chi connectivity index (χ2n) is 11.8. The summed E-state index contributed by atoms with van der Waals surface area (Å²) in [5.74, 6) is -0.818. The summed E-state index contributed by atoms with van der Waals surface area (Å²) in [6.45, 7) is 14.9. The molecule has 38 heavy (non-hydrogen) atoms. The third-order valence-corrected chi connectivity index (χ3v) is 8.11. The monoisotopic (exact) mass is 517 g/mol. The molecule has 204 valence electrons. The highest BCUT2D eigenvalue weighted by atomic mass is 16.4. The number of allylic oxidation sites excluding steroid dienone is 1. The summed E-state index contributed by atoms with van der Waals surface area (Å²) in [5, 5.41) is 20.8. The van der Waals surface area contributed by atoms with Crippen molar-refractivity contribution in [3.63, 3.8) is 0 Å². The van der Waals surface area contributed by atoms with Gasteiger partial charge in [0.2, 0.25) is 0 Å². The highest BCUT2D eigenvalue weighted by Crippen LogP contribution is 2.42. The third-order valence-electron chi connectivity index (χ3n) is 8.11. The van der Waals surface area contributed by atoms with E-state index < -0.39 is 5.97 Å². The van der Waals surface area contributed by atoms with Gasteiger partial charge in [-0.05, 0) is 68.2 Å². The molecule has 1 aromatic carbocycles. The van der Waals surface area contributed by atoms with Gasteiger partial charge in [0.25, 0.3) is 0 Å². The molecule has 0 spiro atoms. The Balaban J connectivity index is 1.71. The first-order valence-corrected chi connectivity index (χ1v) is 13.7. The van der Waals surface area contributed by atoms with E-state index in [2.05, 4.69) is 54.1 Å². The maximum atomic E-state index is 11.9. The van der Waals surface area contributed by atoms with E-state index in [4.69, 9.17) is 10.4 Å². The highest BCUT2D eigenvalue weighted by Gasteiger charge is 2.30. The Kier molecular flexibility index (Phi) is 8.26. The van der Waals surface area contributed by atoms with Gasteiger partial charge in [0.1, 0.15) is 0 Å². The van der Waals surface area contributed by atoms with Crippen LogP contribution in [0.4, 0.5) is 5.69 Å². The van der Waals surface area contributed by atoms with Crippen LogP contribution < -0.4 is 10.2 Å². The van der Waals surface area contributed by atoms with Gasteiger partial charge in [-0.2, -0.15) is 0 Å². The molecule has 4 rings (SSSR count). The fourth-order valence-electron chi connectivity index (χ4n) is 5.86. The average molecular weight is 518 g/mol. The molecule has 7 nitrogen and oxygen atoms in total. The Morgan fingerprint density at radius 3 is 2.50 bits per heavy atom. The van der Waals surface area contributed by atoms with E-state index in [1.54, 1.807) is 6.92 Å². The van der Waals surface area contributed by atoms with Crippen LogP contribution in [-0.2, 0) is 24.2 Å². The van der Waals surface area contributed by atoms with Crippen molar-refractivity contribution in [3.05, 3.63) is 58.1 Å². The number of hydrogen-bond acceptors (Lipinski definition) is 6. The van der Waals surface area contributed by atoms with Gasteiger partial charge in [0.15, 0.2) is 0 Å². The number of pyridine rings is 1. The normalized spacial score (nSPS) is 17.7. The summed E-state index contributed by atoms with van der Waals surface area (Å²) in [6, 6.07) is 6.74. The molecule has 2 aromatic rings. The smallest absolute Gasteiger partial charge is 0.307 e. The Morgan fingerprint density at radius 2 is 1.87 bits per heavy atom. The molecule has 0 radical (unpaired) electrons. The summed E-state index contributed by atoms with van der Waals surface area (Å²) >= 11 is 0. The van der Waals surface area contributed by atoms with Gasteiger partial charge in [0, 0.05) is 73.7 Å². The predicted molar refractivity (Wildman–Crippen MR) is 155 cm³/mol. The standard InChI is InChI=1S/C31H43N5O2/c1-20(32)15-26(33-6)19-35-12-9-23-16-24(7-8-25(23)18-35)29-22(3)34-21(2)27(17-28(37)38)30(29)36-13-10-31(4,5)11-14-36/h7-8,15-16,32-33H,9-14,17-19H2,1-6H3,(H,37,38)/b26-15-,32-20?. The number of aromatic nitrogens is 1. The van der Waals surface area contributed by atoms with Crippen LogP contribution in [0.1, 0.15) is 61.7 Å². The number of rotatable bonds is 8. The number of fused-ring (bicyclic) bond motifs is 1. The van der Waals surface area contributed by atoms with E-state index in [0.717, 1.165) is 91.4 Å². The zero-order chi connectivity index (χ0) is 27.6. The lowest BCUT2D eigenvalue weighted by Gasteiger charge is -2.40. The minimum atomic E-state index is -0.818. The van der Waals surface area contributed by atoms with Crippen LogP contribution >= 0.6 is 0 Å². The number of hydrogen-bond donors (Lipinski definition) is 3. The lowest BCUT2D eigenvalue weighted by atomic mass is 9.82.